The Balaban J connectivity index is 2.30. The van der Waals surface area contributed by atoms with Crippen LogP contribution in [-0.4, -0.2) is 75.1 Å². The van der Waals surface area contributed by atoms with Crippen LogP contribution in [0.1, 0.15) is 0 Å². The Hall–Kier alpha value is -0.690. The van der Waals surface area contributed by atoms with E-state index in [9.17, 15) is 9.90 Å². The lowest BCUT2D eigenvalue weighted by Crippen LogP contribution is -2.44. The third-order valence-electron chi connectivity index (χ3n) is 2.60. The van der Waals surface area contributed by atoms with Crippen LogP contribution in [0.4, 0.5) is 0 Å². The minimum Gasteiger partial charge on any atom is -0.390 e. The summed E-state index contributed by atoms with van der Waals surface area (Å²) in [6.45, 7) is 2.65. The smallest absolute Gasteiger partial charge is 0.246 e. The topological polar surface area (TPSA) is 71.0 Å². The molecule has 0 saturated carbocycles. The number of likely N-dealkylation sites (tertiary alicyclic amines) is 1. The molecule has 0 radical (unpaired) electrons. The molecule has 2 atom stereocenters. The molecule has 6 nitrogen and oxygen atoms in total. The summed E-state index contributed by atoms with van der Waals surface area (Å²) in [6.07, 6.45) is -0.516. The largest absolute Gasteiger partial charge is 0.390 e. The van der Waals surface area contributed by atoms with Crippen LogP contribution in [0.2, 0.25) is 0 Å². The van der Waals surface area contributed by atoms with Gasteiger partial charge in [-0.25, -0.2) is 0 Å². The number of nitrogens with zero attached hydrogens (tertiary/aromatic N) is 1. The zero-order chi connectivity index (χ0) is 12.0. The summed E-state index contributed by atoms with van der Waals surface area (Å²) in [7, 11) is 3.11. The molecule has 0 aromatic heterocycles. The van der Waals surface area contributed by atoms with Gasteiger partial charge in [0.25, 0.3) is 0 Å². The van der Waals surface area contributed by atoms with Crippen LogP contribution in [-0.2, 0) is 14.3 Å². The second-order valence-corrected chi connectivity index (χ2v) is 3.93. The van der Waals surface area contributed by atoms with Crippen LogP contribution < -0.4 is 5.32 Å². The van der Waals surface area contributed by atoms with Crippen molar-refractivity contribution in [2.75, 3.05) is 47.1 Å². The lowest BCUT2D eigenvalue weighted by Gasteiger charge is -2.16. The highest BCUT2D eigenvalue weighted by molar-refractivity contribution is 5.77. The summed E-state index contributed by atoms with van der Waals surface area (Å²) >= 11 is 0. The standard InChI is InChI=1S/C10H20N2O4/c1-15-4-3-12-5-8(9(13)6-12)11-10(14)7-16-2/h8-9,13H,3-7H2,1-2H3,(H,11,14)/t8-,9-/m1/s1. The van der Waals surface area contributed by atoms with E-state index in [1.807, 2.05) is 0 Å². The number of hydrogen-bond acceptors (Lipinski definition) is 5. The van der Waals surface area contributed by atoms with Crippen molar-refractivity contribution >= 4 is 5.91 Å². The van der Waals surface area contributed by atoms with Gasteiger partial charge in [0.05, 0.1) is 18.8 Å². The summed E-state index contributed by atoms with van der Waals surface area (Å²) in [5, 5.41) is 12.5. The van der Waals surface area contributed by atoms with Crippen molar-refractivity contribution < 1.29 is 19.4 Å². The molecule has 1 rings (SSSR count). The van der Waals surface area contributed by atoms with Crippen molar-refractivity contribution in [3.8, 4) is 0 Å². The number of hydrogen-bond donors (Lipinski definition) is 2. The molecule has 1 aliphatic heterocycles. The van der Waals surface area contributed by atoms with E-state index in [1.165, 1.54) is 7.11 Å². The quantitative estimate of drug-likeness (QED) is 0.579. The first-order valence-electron chi connectivity index (χ1n) is 5.35. The monoisotopic (exact) mass is 232 g/mol. The van der Waals surface area contributed by atoms with E-state index < -0.39 is 6.10 Å². The number of aliphatic hydroxyl groups excluding tert-OH is 1. The number of nitrogens with one attached hydrogen (secondary N) is 1. The molecule has 94 valence electrons. The minimum absolute atomic E-state index is 0.0291. The summed E-state index contributed by atoms with van der Waals surface area (Å²) in [5.41, 5.74) is 0. The van der Waals surface area contributed by atoms with Gasteiger partial charge in [-0.15, -0.1) is 0 Å². The zero-order valence-electron chi connectivity index (χ0n) is 9.81. The highest BCUT2D eigenvalue weighted by Crippen LogP contribution is 2.09. The first-order chi connectivity index (χ1) is 7.67. The second-order valence-electron chi connectivity index (χ2n) is 3.93. The molecule has 1 saturated heterocycles. The number of amides is 1. The maximum atomic E-state index is 11.3. The maximum absolute atomic E-state index is 11.3. The van der Waals surface area contributed by atoms with Gasteiger partial charge in [-0.1, -0.05) is 0 Å². The highest BCUT2D eigenvalue weighted by atomic mass is 16.5. The average molecular weight is 232 g/mol. The molecule has 6 heteroatoms. The lowest BCUT2D eigenvalue weighted by molar-refractivity contribution is -0.125. The van der Waals surface area contributed by atoms with Gasteiger partial charge in [0, 0.05) is 33.9 Å². The highest BCUT2D eigenvalue weighted by Gasteiger charge is 2.31. The predicted octanol–water partition coefficient (Wildman–Crippen LogP) is -1.56. The molecule has 0 aliphatic carbocycles. The van der Waals surface area contributed by atoms with Gasteiger partial charge in [0.15, 0.2) is 0 Å². The molecule has 2 N–H and O–H groups in total. The van der Waals surface area contributed by atoms with Crippen LogP contribution in [0.15, 0.2) is 0 Å². The summed E-state index contributed by atoms with van der Waals surface area (Å²) in [6, 6.07) is -0.209. The Kier molecular flexibility index (Phi) is 5.68. The zero-order valence-corrected chi connectivity index (χ0v) is 9.81. The first kappa shape index (κ1) is 13.4. The fourth-order valence-corrected chi connectivity index (χ4v) is 1.79. The molecule has 1 aliphatic rings. The van der Waals surface area contributed by atoms with Crippen molar-refractivity contribution in [1.82, 2.24) is 10.2 Å². The summed E-state index contributed by atoms with van der Waals surface area (Å²) < 4.78 is 9.68. The summed E-state index contributed by atoms with van der Waals surface area (Å²) in [4.78, 5) is 13.3. The molecule has 1 fully saturated rings. The minimum atomic E-state index is -0.516. The molecule has 1 heterocycles. The number of rotatable bonds is 6. The van der Waals surface area contributed by atoms with Gasteiger partial charge in [0.2, 0.25) is 5.91 Å². The van der Waals surface area contributed by atoms with Gasteiger partial charge in [-0.05, 0) is 0 Å². The Morgan fingerprint density at radius 2 is 2.19 bits per heavy atom. The Morgan fingerprint density at radius 3 is 2.81 bits per heavy atom. The van der Waals surface area contributed by atoms with Crippen molar-refractivity contribution in [3.05, 3.63) is 0 Å². The van der Waals surface area contributed by atoms with Crippen molar-refractivity contribution in [3.63, 3.8) is 0 Å². The van der Waals surface area contributed by atoms with Gasteiger partial charge in [0.1, 0.15) is 6.61 Å². The molecule has 0 unspecified atom stereocenters. The molecule has 0 bridgehead atoms. The van der Waals surface area contributed by atoms with Gasteiger partial charge in [-0.3, -0.25) is 9.69 Å². The summed E-state index contributed by atoms with van der Waals surface area (Å²) in [5.74, 6) is -0.194. The molecule has 0 aromatic rings. The number of ether oxygens (including phenoxy) is 2. The third-order valence-corrected chi connectivity index (χ3v) is 2.60. The van der Waals surface area contributed by atoms with E-state index in [-0.39, 0.29) is 18.6 Å². The van der Waals surface area contributed by atoms with Crippen LogP contribution in [0.25, 0.3) is 0 Å². The van der Waals surface area contributed by atoms with E-state index in [4.69, 9.17) is 9.47 Å². The van der Waals surface area contributed by atoms with Crippen molar-refractivity contribution in [2.24, 2.45) is 0 Å². The van der Waals surface area contributed by atoms with Crippen molar-refractivity contribution in [1.29, 1.82) is 0 Å². The Labute approximate surface area is 95.5 Å². The SMILES string of the molecule is COCCN1C[C@@H](O)[C@H](NC(=O)COC)C1. The van der Waals surface area contributed by atoms with Gasteiger partial charge < -0.3 is 19.9 Å². The molecular weight excluding hydrogens is 212 g/mol. The number of carbonyl (C=O) groups excluding carboxylic acids is 1. The fraction of sp³-hybridized carbons (Fsp3) is 0.900. The number of carbonyl (C=O) groups is 1. The number of aliphatic hydroxyl groups is 1. The van der Waals surface area contributed by atoms with E-state index in [1.54, 1.807) is 7.11 Å². The maximum Gasteiger partial charge on any atom is 0.246 e. The van der Waals surface area contributed by atoms with Gasteiger partial charge >= 0.3 is 0 Å². The molecule has 0 spiro atoms. The van der Waals surface area contributed by atoms with E-state index in [0.29, 0.717) is 19.7 Å². The molecule has 16 heavy (non-hydrogen) atoms. The Bertz CT molecular complexity index is 225. The lowest BCUT2D eigenvalue weighted by atomic mass is 10.2. The van der Waals surface area contributed by atoms with E-state index >= 15 is 0 Å². The molecule has 1 amide bonds. The van der Waals surface area contributed by atoms with Crippen LogP contribution in [0, 0.1) is 0 Å². The van der Waals surface area contributed by atoms with Crippen LogP contribution >= 0.6 is 0 Å². The predicted molar refractivity (Wildman–Crippen MR) is 58.1 cm³/mol. The first-order valence-corrected chi connectivity index (χ1v) is 5.35. The average Bonchev–Trinajstić information content (AvgIpc) is 2.57. The van der Waals surface area contributed by atoms with Crippen LogP contribution in [0.3, 0.4) is 0 Å². The number of methoxy groups -OCH3 is 2. The van der Waals surface area contributed by atoms with Crippen molar-refractivity contribution in [2.45, 2.75) is 12.1 Å². The van der Waals surface area contributed by atoms with E-state index in [2.05, 4.69) is 10.2 Å². The Morgan fingerprint density at radius 1 is 1.44 bits per heavy atom. The fourth-order valence-electron chi connectivity index (χ4n) is 1.79. The number of β-amino-alcohol motifs (C(OH)–C–C–N with tert-alkyl or cyclic N) is 1. The normalized spacial score (nSPS) is 25.9. The second kappa shape index (κ2) is 6.80. The third kappa shape index (κ3) is 4.05. The van der Waals surface area contributed by atoms with Gasteiger partial charge in [-0.2, -0.15) is 0 Å². The van der Waals surface area contributed by atoms with E-state index in [0.717, 1.165) is 6.54 Å². The molecule has 0 aromatic carbocycles. The van der Waals surface area contributed by atoms with Crippen LogP contribution in [0.5, 0.6) is 0 Å². The molecular formula is C10H20N2O4.